The van der Waals surface area contributed by atoms with Crippen LogP contribution in [-0.2, 0) is 0 Å². The number of amides is 1. The summed E-state index contributed by atoms with van der Waals surface area (Å²) in [6, 6.07) is 8.96. The second-order valence-corrected chi connectivity index (χ2v) is 5.04. The van der Waals surface area contributed by atoms with Gasteiger partial charge >= 0.3 is 0 Å². The van der Waals surface area contributed by atoms with Crippen LogP contribution in [0.3, 0.4) is 0 Å². The zero-order valence-corrected chi connectivity index (χ0v) is 12.0. The number of benzene rings is 1. The molecule has 0 bridgehead atoms. The lowest BCUT2D eigenvalue weighted by atomic mass is 9.96. The summed E-state index contributed by atoms with van der Waals surface area (Å²) >= 11 is 0. The van der Waals surface area contributed by atoms with Crippen LogP contribution in [0, 0.1) is 0 Å². The molecule has 1 amide bonds. The van der Waals surface area contributed by atoms with Crippen LogP contribution in [0.5, 0.6) is 0 Å². The van der Waals surface area contributed by atoms with Gasteiger partial charge in [-0.1, -0.05) is 18.1 Å². The fourth-order valence-electron chi connectivity index (χ4n) is 1.98. The summed E-state index contributed by atoms with van der Waals surface area (Å²) in [5, 5.41) is 15.5. The van der Waals surface area contributed by atoms with E-state index in [0.717, 1.165) is 10.9 Å². The fourth-order valence-corrected chi connectivity index (χ4v) is 1.98. The fraction of sp³-hybridized carbons (Fsp3) is 0.267. The van der Waals surface area contributed by atoms with E-state index in [0.29, 0.717) is 12.0 Å². The van der Waals surface area contributed by atoms with Crippen LogP contribution in [0.15, 0.2) is 41.7 Å². The number of rotatable bonds is 4. The highest BCUT2D eigenvalue weighted by atomic mass is 16.4. The quantitative estimate of drug-likeness (QED) is 0.346. The molecule has 0 fully saturated rings. The molecule has 1 aromatic heterocycles. The van der Waals surface area contributed by atoms with Gasteiger partial charge in [0.25, 0.3) is 5.91 Å². The molecule has 0 spiro atoms. The highest BCUT2D eigenvalue weighted by molar-refractivity contribution is 6.02. The van der Waals surface area contributed by atoms with Gasteiger partial charge in [0, 0.05) is 17.1 Å². The number of pyridine rings is 1. The van der Waals surface area contributed by atoms with Crippen molar-refractivity contribution in [2.45, 2.75) is 25.8 Å². The van der Waals surface area contributed by atoms with E-state index < -0.39 is 5.54 Å². The van der Waals surface area contributed by atoms with Crippen molar-refractivity contribution >= 4 is 22.6 Å². The highest BCUT2D eigenvalue weighted by Crippen LogP contribution is 2.15. The standard InChI is InChI=1S/C15H18N4O2/c1-3-15(2,14(16)19-21)18-13(20)11-6-7-12-10(9-11)5-4-8-17-12/h4-9,21H,3H2,1-2H3,(H2,16,19)(H,18,20). The molecular weight excluding hydrogens is 268 g/mol. The Morgan fingerprint density at radius 2 is 2.24 bits per heavy atom. The SMILES string of the molecule is CCC(C)(NC(=O)c1ccc2ncccc2c1)C(N)=NO. The number of hydrogen-bond donors (Lipinski definition) is 3. The molecule has 1 atom stereocenters. The summed E-state index contributed by atoms with van der Waals surface area (Å²) in [7, 11) is 0. The number of nitrogens with two attached hydrogens (primary N) is 1. The van der Waals surface area contributed by atoms with Gasteiger partial charge in [0.05, 0.1) is 11.1 Å². The highest BCUT2D eigenvalue weighted by Gasteiger charge is 2.29. The van der Waals surface area contributed by atoms with Crippen molar-refractivity contribution in [3.8, 4) is 0 Å². The van der Waals surface area contributed by atoms with Gasteiger partial charge in [0.15, 0.2) is 5.84 Å². The Kier molecular flexibility index (Phi) is 4.07. The molecule has 1 aromatic carbocycles. The van der Waals surface area contributed by atoms with E-state index in [2.05, 4.69) is 15.5 Å². The molecule has 21 heavy (non-hydrogen) atoms. The minimum Gasteiger partial charge on any atom is -0.409 e. The van der Waals surface area contributed by atoms with Crippen LogP contribution >= 0.6 is 0 Å². The summed E-state index contributed by atoms with van der Waals surface area (Å²) in [5.41, 5.74) is 6.08. The molecule has 2 aromatic rings. The Morgan fingerprint density at radius 1 is 1.48 bits per heavy atom. The van der Waals surface area contributed by atoms with Gasteiger partial charge in [0.2, 0.25) is 0 Å². The molecule has 6 nitrogen and oxygen atoms in total. The third-order valence-electron chi connectivity index (χ3n) is 3.63. The van der Waals surface area contributed by atoms with Gasteiger partial charge in [-0.25, -0.2) is 0 Å². The summed E-state index contributed by atoms with van der Waals surface area (Å²) in [6.07, 6.45) is 2.21. The average Bonchev–Trinajstić information content (AvgIpc) is 2.53. The molecular formula is C15H18N4O2. The van der Waals surface area contributed by atoms with E-state index in [1.807, 2.05) is 19.1 Å². The van der Waals surface area contributed by atoms with Crippen LogP contribution in [-0.4, -0.2) is 27.5 Å². The van der Waals surface area contributed by atoms with Gasteiger partial charge in [-0.05, 0) is 37.6 Å². The van der Waals surface area contributed by atoms with Crippen LogP contribution in [0.2, 0.25) is 0 Å². The third kappa shape index (κ3) is 2.94. The van der Waals surface area contributed by atoms with E-state index in [9.17, 15) is 4.79 Å². The maximum absolute atomic E-state index is 12.4. The van der Waals surface area contributed by atoms with Crippen LogP contribution < -0.4 is 11.1 Å². The lowest BCUT2D eigenvalue weighted by Gasteiger charge is -2.28. The maximum atomic E-state index is 12.4. The van der Waals surface area contributed by atoms with Gasteiger partial charge in [0.1, 0.15) is 0 Å². The van der Waals surface area contributed by atoms with Crippen molar-refractivity contribution in [2.24, 2.45) is 10.9 Å². The molecule has 1 unspecified atom stereocenters. The first-order valence-electron chi connectivity index (χ1n) is 6.65. The predicted octanol–water partition coefficient (Wildman–Crippen LogP) is 1.88. The lowest BCUT2D eigenvalue weighted by molar-refractivity contribution is 0.0925. The monoisotopic (exact) mass is 286 g/mol. The van der Waals surface area contributed by atoms with Gasteiger partial charge in [-0.3, -0.25) is 9.78 Å². The number of nitrogens with one attached hydrogen (secondary N) is 1. The van der Waals surface area contributed by atoms with Crippen molar-refractivity contribution in [1.29, 1.82) is 0 Å². The number of nitrogens with zero attached hydrogens (tertiary/aromatic N) is 2. The Labute approximate surface area is 122 Å². The first-order valence-corrected chi connectivity index (χ1v) is 6.65. The minimum atomic E-state index is -0.893. The third-order valence-corrected chi connectivity index (χ3v) is 3.63. The molecule has 0 radical (unpaired) electrons. The van der Waals surface area contributed by atoms with Crippen molar-refractivity contribution in [3.05, 3.63) is 42.1 Å². The summed E-state index contributed by atoms with van der Waals surface area (Å²) < 4.78 is 0. The van der Waals surface area contributed by atoms with E-state index in [4.69, 9.17) is 10.9 Å². The Hall–Kier alpha value is -2.63. The van der Waals surface area contributed by atoms with Gasteiger partial charge in [-0.15, -0.1) is 0 Å². The van der Waals surface area contributed by atoms with Gasteiger partial charge < -0.3 is 16.3 Å². The Morgan fingerprint density at radius 3 is 2.90 bits per heavy atom. The molecule has 1 heterocycles. The number of hydrogen-bond acceptors (Lipinski definition) is 4. The number of oxime groups is 1. The molecule has 0 aliphatic heterocycles. The number of amidine groups is 1. The number of fused-ring (bicyclic) bond motifs is 1. The topological polar surface area (TPSA) is 101 Å². The van der Waals surface area contributed by atoms with Crippen LogP contribution in [0.1, 0.15) is 30.6 Å². The summed E-state index contributed by atoms with van der Waals surface area (Å²) in [4.78, 5) is 16.6. The van der Waals surface area contributed by atoms with Gasteiger partial charge in [-0.2, -0.15) is 0 Å². The largest absolute Gasteiger partial charge is 0.409 e. The molecule has 110 valence electrons. The predicted molar refractivity (Wildman–Crippen MR) is 81.3 cm³/mol. The lowest BCUT2D eigenvalue weighted by Crippen LogP contribution is -2.55. The second kappa shape index (κ2) is 5.78. The molecule has 0 aliphatic carbocycles. The first kappa shape index (κ1) is 14.8. The van der Waals surface area contributed by atoms with Crippen molar-refractivity contribution in [3.63, 3.8) is 0 Å². The molecule has 6 heteroatoms. The molecule has 2 rings (SSSR count). The molecule has 0 saturated carbocycles. The Bertz CT molecular complexity index is 699. The van der Waals surface area contributed by atoms with E-state index in [-0.39, 0.29) is 11.7 Å². The zero-order chi connectivity index (χ0) is 15.5. The maximum Gasteiger partial charge on any atom is 0.252 e. The van der Waals surface area contributed by atoms with Crippen molar-refractivity contribution in [2.75, 3.05) is 0 Å². The number of aromatic nitrogens is 1. The van der Waals surface area contributed by atoms with E-state index in [1.165, 1.54) is 0 Å². The smallest absolute Gasteiger partial charge is 0.252 e. The average molecular weight is 286 g/mol. The molecule has 4 N–H and O–H groups in total. The number of carbonyl (C=O) groups excluding carboxylic acids is 1. The summed E-state index contributed by atoms with van der Waals surface area (Å²) in [5.74, 6) is -0.308. The van der Waals surface area contributed by atoms with E-state index in [1.54, 1.807) is 31.3 Å². The van der Waals surface area contributed by atoms with Crippen LogP contribution in [0.4, 0.5) is 0 Å². The zero-order valence-electron chi connectivity index (χ0n) is 12.0. The minimum absolute atomic E-state index is 0.0270. The molecule has 0 saturated heterocycles. The molecule has 0 aliphatic rings. The number of carbonyl (C=O) groups is 1. The van der Waals surface area contributed by atoms with E-state index >= 15 is 0 Å². The first-order chi connectivity index (χ1) is 10.00. The van der Waals surface area contributed by atoms with Crippen molar-refractivity contribution < 1.29 is 10.0 Å². The second-order valence-electron chi connectivity index (χ2n) is 5.04. The van der Waals surface area contributed by atoms with Crippen molar-refractivity contribution in [1.82, 2.24) is 10.3 Å². The normalized spacial score (nSPS) is 14.7. The van der Waals surface area contributed by atoms with Crippen LogP contribution in [0.25, 0.3) is 10.9 Å². The Balaban J connectivity index is 2.30. The summed E-state index contributed by atoms with van der Waals surface area (Å²) in [6.45, 7) is 3.56.